The molecular formula is C21H22N10O4. The van der Waals surface area contributed by atoms with Gasteiger partial charge in [0.15, 0.2) is 13.1 Å². The Hall–Kier alpha value is -4.88. The zero-order valence-electron chi connectivity index (χ0n) is 18.9. The van der Waals surface area contributed by atoms with Gasteiger partial charge in [-0.15, -0.1) is 10.2 Å². The minimum absolute atomic E-state index is 0.0935. The van der Waals surface area contributed by atoms with E-state index in [9.17, 15) is 10.4 Å². The predicted molar refractivity (Wildman–Crippen MR) is 120 cm³/mol. The fraction of sp³-hybridized carbons (Fsp3) is 0.238. The lowest BCUT2D eigenvalue weighted by Gasteiger charge is -2.23. The van der Waals surface area contributed by atoms with Crippen LogP contribution in [0.15, 0.2) is 83.6 Å². The lowest BCUT2D eigenvalue weighted by molar-refractivity contribution is -0.850. The number of nitrogens with zero attached hydrogens (tertiary/aromatic N) is 10. The van der Waals surface area contributed by atoms with Crippen LogP contribution in [0.3, 0.4) is 0 Å². The molecule has 0 bridgehead atoms. The third kappa shape index (κ3) is 5.05. The molecule has 4 rings (SSSR count). The van der Waals surface area contributed by atoms with Crippen LogP contribution in [0.5, 0.6) is 0 Å². The monoisotopic (exact) mass is 478 g/mol. The summed E-state index contributed by atoms with van der Waals surface area (Å²) < 4.78 is 2.67. The van der Waals surface area contributed by atoms with Gasteiger partial charge in [-0.25, -0.2) is 9.36 Å². The molecule has 0 spiro atoms. The molecule has 35 heavy (non-hydrogen) atoms. The quantitative estimate of drug-likeness (QED) is 0.146. The summed E-state index contributed by atoms with van der Waals surface area (Å²) in [5.41, 5.74) is 0.668. The number of hydrogen-bond acceptors (Lipinski definition) is 10. The van der Waals surface area contributed by atoms with Crippen molar-refractivity contribution in [2.24, 2.45) is 10.6 Å². The summed E-state index contributed by atoms with van der Waals surface area (Å²) in [6.45, 7) is -0.639. The average molecular weight is 478 g/mol. The molecule has 2 aromatic carbocycles. The van der Waals surface area contributed by atoms with Gasteiger partial charge in [-0.1, -0.05) is 71.1 Å². The Morgan fingerprint density at radius 3 is 1.51 bits per heavy atom. The maximum Gasteiger partial charge on any atom is 0.462 e. The molecule has 0 N–H and O–H groups in total. The van der Waals surface area contributed by atoms with Gasteiger partial charge in [-0.3, -0.25) is 0 Å². The normalized spacial score (nSPS) is 12.5. The maximum absolute atomic E-state index is 13.1. The van der Waals surface area contributed by atoms with E-state index in [0.29, 0.717) is 11.4 Å². The molecule has 2 heterocycles. The van der Waals surface area contributed by atoms with E-state index in [2.05, 4.69) is 40.9 Å². The van der Waals surface area contributed by atoms with Gasteiger partial charge in [0.1, 0.15) is 25.6 Å². The fourth-order valence-electron chi connectivity index (χ4n) is 3.42. The smallest absolute Gasteiger partial charge is 0.462 e. The molecule has 0 fully saturated rings. The highest BCUT2D eigenvalue weighted by Gasteiger charge is 2.55. The lowest BCUT2D eigenvalue weighted by Crippen LogP contribution is -2.54. The van der Waals surface area contributed by atoms with E-state index in [-0.39, 0.29) is 22.8 Å². The summed E-state index contributed by atoms with van der Waals surface area (Å²) in [7, 11) is 2.37. The zero-order valence-corrected chi connectivity index (χ0v) is 18.9. The van der Waals surface area contributed by atoms with Crippen LogP contribution in [0, 0.1) is 10.4 Å². The highest BCUT2D eigenvalue weighted by Crippen LogP contribution is 2.23. The number of hydroxylamine groups is 2. The highest BCUT2D eigenvalue weighted by atomic mass is 16.7. The summed E-state index contributed by atoms with van der Waals surface area (Å²) in [4.78, 5) is 9.51. The van der Waals surface area contributed by atoms with Crippen molar-refractivity contribution < 1.29 is 19.4 Å². The Morgan fingerprint density at radius 2 is 1.14 bits per heavy atom. The summed E-state index contributed by atoms with van der Waals surface area (Å²) in [6.07, 6.45) is 3.20. The van der Waals surface area contributed by atoms with E-state index in [1.54, 1.807) is 12.4 Å². The summed E-state index contributed by atoms with van der Waals surface area (Å²) >= 11 is 0. The van der Waals surface area contributed by atoms with E-state index in [0.717, 1.165) is 11.1 Å². The van der Waals surface area contributed by atoms with Crippen LogP contribution in [-0.4, -0.2) is 59.6 Å². The van der Waals surface area contributed by atoms with E-state index in [1.165, 1.54) is 23.6 Å². The lowest BCUT2D eigenvalue weighted by atomic mass is 10.1. The molecule has 0 aliphatic rings. The van der Waals surface area contributed by atoms with Crippen molar-refractivity contribution in [3.05, 3.63) is 83.5 Å². The second-order valence-corrected chi connectivity index (χ2v) is 7.39. The fourth-order valence-corrected chi connectivity index (χ4v) is 3.42. The molecule has 0 amide bonds. The molecule has 14 nitrogen and oxygen atoms in total. The van der Waals surface area contributed by atoms with Crippen molar-refractivity contribution in [1.82, 2.24) is 30.0 Å². The number of benzene rings is 2. The third-order valence-electron chi connectivity index (χ3n) is 5.07. The van der Waals surface area contributed by atoms with Gasteiger partial charge >= 0.3 is 5.66 Å². The Bertz CT molecular complexity index is 1200. The first-order valence-corrected chi connectivity index (χ1v) is 10.4. The van der Waals surface area contributed by atoms with Gasteiger partial charge < -0.3 is 20.1 Å². The molecule has 180 valence electrons. The molecular weight excluding hydrogens is 456 g/mol. The second-order valence-electron chi connectivity index (χ2n) is 7.39. The minimum Gasteiger partial charge on any atom is -0.592 e. The van der Waals surface area contributed by atoms with Crippen LogP contribution >= 0.6 is 0 Å². The van der Waals surface area contributed by atoms with E-state index < -0.39 is 5.66 Å². The topological polar surface area (TPSA) is 157 Å². The van der Waals surface area contributed by atoms with Gasteiger partial charge in [0.25, 0.3) is 0 Å². The first-order valence-electron chi connectivity index (χ1n) is 10.4. The molecule has 0 aliphatic carbocycles. The number of rotatable bonds is 10. The van der Waals surface area contributed by atoms with Crippen LogP contribution < -0.4 is 0 Å². The zero-order chi connectivity index (χ0) is 24.7. The highest BCUT2D eigenvalue weighted by molar-refractivity contribution is 5.57. The summed E-state index contributed by atoms with van der Waals surface area (Å²) in [5, 5.41) is 49.5. The van der Waals surface area contributed by atoms with Crippen molar-refractivity contribution in [1.29, 1.82) is 0 Å². The van der Waals surface area contributed by atoms with Crippen LogP contribution in [0.1, 0.15) is 0 Å². The van der Waals surface area contributed by atoms with Gasteiger partial charge in [-0.2, -0.15) is 0 Å². The molecule has 0 saturated heterocycles. The standard InChI is InChI=1S/C21H22N10O4/c1-34-26-30(32)21(31(33)27-35-2,15-28-13-19(22-24-28)17-9-5-3-6-10-17)16-29-14-20(23-25-29)18-11-7-4-8-12-18/h3-14H,15-16H2,1-2H3. The van der Waals surface area contributed by atoms with Crippen molar-refractivity contribution in [2.75, 3.05) is 14.2 Å². The molecule has 0 aliphatic heterocycles. The van der Waals surface area contributed by atoms with Crippen LogP contribution in [0.4, 0.5) is 0 Å². The molecule has 4 aromatic rings. The predicted octanol–water partition coefficient (Wildman–Crippen LogP) is 2.65. The molecule has 14 heteroatoms. The average Bonchev–Trinajstić information content (AvgIpc) is 3.55. The van der Waals surface area contributed by atoms with Crippen molar-refractivity contribution in [3.8, 4) is 22.5 Å². The number of hydrogen-bond donors (Lipinski definition) is 0. The van der Waals surface area contributed by atoms with Crippen LogP contribution in [0.25, 0.3) is 22.5 Å². The maximum atomic E-state index is 13.1. The van der Waals surface area contributed by atoms with Gasteiger partial charge in [0, 0.05) is 20.8 Å². The number of aromatic nitrogens is 6. The van der Waals surface area contributed by atoms with Gasteiger partial charge in [0.2, 0.25) is 10.6 Å². The van der Waals surface area contributed by atoms with E-state index in [1.807, 2.05) is 60.7 Å². The summed E-state index contributed by atoms with van der Waals surface area (Å²) in [6, 6.07) is 18.7. The third-order valence-corrected chi connectivity index (χ3v) is 5.07. The molecule has 0 unspecified atom stereocenters. The largest absolute Gasteiger partial charge is 0.592 e. The Kier molecular flexibility index (Phi) is 6.90. The van der Waals surface area contributed by atoms with Gasteiger partial charge in [0.05, 0.1) is 12.4 Å². The van der Waals surface area contributed by atoms with Crippen molar-refractivity contribution >= 4 is 0 Å². The molecule has 0 atom stereocenters. The minimum atomic E-state index is -2.06. The Balaban J connectivity index is 1.73. The van der Waals surface area contributed by atoms with Crippen molar-refractivity contribution in [3.63, 3.8) is 0 Å². The SMILES string of the molecule is CON=[N+]([O-])C(Cn1cc(-c2ccccc2)nn1)(Cn1cc(-c2ccccc2)nn1)[N+]([O-])=NOC. The van der Waals surface area contributed by atoms with E-state index in [4.69, 9.17) is 0 Å². The molecule has 0 radical (unpaired) electrons. The van der Waals surface area contributed by atoms with Crippen LogP contribution in [0.2, 0.25) is 0 Å². The molecule has 0 saturated carbocycles. The summed E-state index contributed by atoms with van der Waals surface area (Å²) in [5.74, 6) is 0. The Labute approximate surface area is 199 Å². The molecule has 2 aromatic heterocycles. The van der Waals surface area contributed by atoms with Crippen LogP contribution in [-0.2, 0) is 22.8 Å². The second kappa shape index (κ2) is 10.4. The van der Waals surface area contributed by atoms with Gasteiger partial charge in [-0.05, 0) is 0 Å². The van der Waals surface area contributed by atoms with Crippen molar-refractivity contribution in [2.45, 2.75) is 18.8 Å². The Morgan fingerprint density at radius 1 is 0.743 bits per heavy atom. The van der Waals surface area contributed by atoms with E-state index >= 15 is 0 Å². The first kappa shape index (κ1) is 23.3. The first-order chi connectivity index (χ1) is 17.1.